The van der Waals surface area contributed by atoms with E-state index in [1.807, 2.05) is 0 Å². The smallest absolute Gasteiger partial charge is 0.258 e. The van der Waals surface area contributed by atoms with Gasteiger partial charge in [-0.25, -0.2) is 13.2 Å². The van der Waals surface area contributed by atoms with Gasteiger partial charge in [0.1, 0.15) is 0 Å². The summed E-state index contributed by atoms with van der Waals surface area (Å²) in [4.78, 5) is 3.58. The molecule has 0 radical (unpaired) electrons. The zero-order valence-corrected chi connectivity index (χ0v) is 9.38. The number of hydrogen-bond acceptors (Lipinski definition) is 3. The fourth-order valence-corrected chi connectivity index (χ4v) is 1.33. The van der Waals surface area contributed by atoms with Gasteiger partial charge in [-0.1, -0.05) is 12.1 Å². The SMILES string of the molecule is CNc1nc(Oc2ccccc2F)c(F)cc1F. The summed E-state index contributed by atoms with van der Waals surface area (Å²) in [5, 5.41) is 2.44. The van der Waals surface area contributed by atoms with E-state index in [1.165, 1.54) is 25.2 Å². The molecular formula is C12H9F3N2O. The molecule has 2 rings (SSSR count). The third-order valence-electron chi connectivity index (χ3n) is 2.18. The van der Waals surface area contributed by atoms with Crippen molar-refractivity contribution in [3.05, 3.63) is 47.8 Å². The van der Waals surface area contributed by atoms with Gasteiger partial charge in [-0.15, -0.1) is 0 Å². The highest BCUT2D eigenvalue weighted by Crippen LogP contribution is 2.27. The molecule has 6 heteroatoms. The summed E-state index contributed by atoms with van der Waals surface area (Å²) in [6.45, 7) is 0. The van der Waals surface area contributed by atoms with Crippen molar-refractivity contribution in [2.75, 3.05) is 12.4 Å². The van der Waals surface area contributed by atoms with Crippen LogP contribution in [0.2, 0.25) is 0 Å². The Morgan fingerprint density at radius 1 is 1.06 bits per heavy atom. The van der Waals surface area contributed by atoms with E-state index in [0.717, 1.165) is 6.07 Å². The molecular weight excluding hydrogens is 245 g/mol. The van der Waals surface area contributed by atoms with Crippen LogP contribution < -0.4 is 10.1 Å². The largest absolute Gasteiger partial charge is 0.433 e. The van der Waals surface area contributed by atoms with Gasteiger partial charge in [0, 0.05) is 13.1 Å². The minimum Gasteiger partial charge on any atom is -0.433 e. The molecule has 1 aromatic carbocycles. The summed E-state index contributed by atoms with van der Waals surface area (Å²) >= 11 is 0. The highest BCUT2D eigenvalue weighted by molar-refractivity contribution is 5.40. The van der Waals surface area contributed by atoms with E-state index < -0.39 is 23.3 Å². The fraction of sp³-hybridized carbons (Fsp3) is 0.0833. The summed E-state index contributed by atoms with van der Waals surface area (Å²) in [7, 11) is 1.43. The van der Waals surface area contributed by atoms with E-state index in [1.54, 1.807) is 0 Å². The van der Waals surface area contributed by atoms with Crippen LogP contribution in [0.1, 0.15) is 0 Å². The molecule has 0 fully saturated rings. The second-order valence-corrected chi connectivity index (χ2v) is 3.39. The fourth-order valence-electron chi connectivity index (χ4n) is 1.33. The summed E-state index contributed by atoms with van der Waals surface area (Å²) in [6.07, 6.45) is 0. The maximum atomic E-state index is 13.4. The molecule has 18 heavy (non-hydrogen) atoms. The second kappa shape index (κ2) is 4.95. The van der Waals surface area contributed by atoms with Crippen LogP contribution in [0.5, 0.6) is 11.6 Å². The summed E-state index contributed by atoms with van der Waals surface area (Å²) in [5.74, 6) is -3.37. The van der Waals surface area contributed by atoms with E-state index in [-0.39, 0.29) is 11.6 Å². The first kappa shape index (κ1) is 12.2. The Kier molecular flexibility index (Phi) is 3.36. The first-order chi connectivity index (χ1) is 8.61. The molecule has 0 unspecified atom stereocenters. The molecule has 0 bridgehead atoms. The topological polar surface area (TPSA) is 34.2 Å². The number of pyridine rings is 1. The lowest BCUT2D eigenvalue weighted by Crippen LogP contribution is -2.01. The normalized spacial score (nSPS) is 10.2. The first-order valence-corrected chi connectivity index (χ1v) is 5.08. The quantitative estimate of drug-likeness (QED) is 0.912. The number of nitrogens with zero attached hydrogens (tertiary/aromatic N) is 1. The Labute approximate surface area is 101 Å². The zero-order valence-electron chi connectivity index (χ0n) is 9.38. The lowest BCUT2D eigenvalue weighted by atomic mass is 10.3. The summed E-state index contributed by atoms with van der Waals surface area (Å²) in [5.41, 5.74) is 0. The van der Waals surface area contributed by atoms with Crippen LogP contribution in [0.15, 0.2) is 30.3 Å². The lowest BCUT2D eigenvalue weighted by molar-refractivity contribution is 0.395. The molecule has 0 atom stereocenters. The third kappa shape index (κ3) is 2.37. The number of hydrogen-bond donors (Lipinski definition) is 1. The molecule has 1 aromatic heterocycles. The Morgan fingerprint density at radius 2 is 1.78 bits per heavy atom. The molecule has 3 nitrogen and oxygen atoms in total. The number of ether oxygens (including phenoxy) is 1. The molecule has 1 N–H and O–H groups in total. The van der Waals surface area contributed by atoms with Gasteiger partial charge in [0.15, 0.2) is 29.0 Å². The molecule has 2 aromatic rings. The summed E-state index contributed by atoms with van der Waals surface area (Å²) < 4.78 is 44.8. The van der Waals surface area contributed by atoms with Crippen molar-refractivity contribution in [3.63, 3.8) is 0 Å². The van der Waals surface area contributed by atoms with Gasteiger partial charge < -0.3 is 10.1 Å². The van der Waals surface area contributed by atoms with Crippen LogP contribution in [0, 0.1) is 17.5 Å². The van der Waals surface area contributed by atoms with Crippen molar-refractivity contribution in [3.8, 4) is 11.6 Å². The predicted octanol–water partition coefficient (Wildman–Crippen LogP) is 3.33. The van der Waals surface area contributed by atoms with Crippen molar-refractivity contribution in [1.82, 2.24) is 4.98 Å². The minimum absolute atomic E-state index is 0.178. The van der Waals surface area contributed by atoms with Crippen molar-refractivity contribution < 1.29 is 17.9 Å². The van der Waals surface area contributed by atoms with Gasteiger partial charge in [0.05, 0.1) is 0 Å². The van der Waals surface area contributed by atoms with Gasteiger partial charge in [-0.2, -0.15) is 4.98 Å². The number of para-hydroxylation sites is 1. The maximum Gasteiger partial charge on any atom is 0.258 e. The van der Waals surface area contributed by atoms with Crippen LogP contribution in [0.3, 0.4) is 0 Å². The Balaban J connectivity index is 2.38. The number of nitrogens with one attached hydrogen (secondary N) is 1. The van der Waals surface area contributed by atoms with Crippen molar-refractivity contribution in [2.45, 2.75) is 0 Å². The Bertz CT molecular complexity index is 575. The van der Waals surface area contributed by atoms with Crippen molar-refractivity contribution in [2.24, 2.45) is 0 Å². The van der Waals surface area contributed by atoms with Gasteiger partial charge in [-0.05, 0) is 12.1 Å². The van der Waals surface area contributed by atoms with Crippen LogP contribution >= 0.6 is 0 Å². The maximum absolute atomic E-state index is 13.4. The molecule has 94 valence electrons. The standard InChI is InChI=1S/C12H9F3N2O/c1-16-11-8(14)6-9(15)12(17-11)18-10-5-3-2-4-7(10)13/h2-6H,1H3,(H,16,17). The average molecular weight is 254 g/mol. The minimum atomic E-state index is -1.00. The number of halogens is 3. The van der Waals surface area contributed by atoms with Crippen LogP contribution in [0.4, 0.5) is 19.0 Å². The average Bonchev–Trinajstić information content (AvgIpc) is 2.35. The number of benzene rings is 1. The number of anilines is 1. The van der Waals surface area contributed by atoms with Gasteiger partial charge in [0.25, 0.3) is 5.88 Å². The molecule has 0 amide bonds. The number of aromatic nitrogens is 1. The summed E-state index contributed by atoms with van der Waals surface area (Å²) in [6, 6.07) is 6.10. The Hall–Kier alpha value is -2.24. The van der Waals surface area contributed by atoms with Gasteiger partial charge in [-0.3, -0.25) is 0 Å². The molecule has 1 heterocycles. The van der Waals surface area contributed by atoms with Crippen LogP contribution in [-0.2, 0) is 0 Å². The molecule has 0 saturated heterocycles. The van der Waals surface area contributed by atoms with Crippen LogP contribution in [-0.4, -0.2) is 12.0 Å². The third-order valence-corrected chi connectivity index (χ3v) is 2.18. The molecule has 0 aliphatic carbocycles. The molecule has 0 spiro atoms. The highest BCUT2D eigenvalue weighted by Gasteiger charge is 2.14. The zero-order chi connectivity index (χ0) is 13.1. The van der Waals surface area contributed by atoms with E-state index in [9.17, 15) is 13.2 Å². The molecule has 0 aliphatic rings. The Morgan fingerprint density at radius 3 is 2.44 bits per heavy atom. The monoisotopic (exact) mass is 254 g/mol. The molecule has 0 saturated carbocycles. The predicted molar refractivity (Wildman–Crippen MR) is 60.2 cm³/mol. The van der Waals surface area contributed by atoms with Crippen molar-refractivity contribution in [1.29, 1.82) is 0 Å². The van der Waals surface area contributed by atoms with E-state index in [2.05, 4.69) is 10.3 Å². The van der Waals surface area contributed by atoms with Gasteiger partial charge in [0.2, 0.25) is 0 Å². The second-order valence-electron chi connectivity index (χ2n) is 3.39. The van der Waals surface area contributed by atoms with Crippen molar-refractivity contribution >= 4 is 5.82 Å². The number of rotatable bonds is 3. The lowest BCUT2D eigenvalue weighted by Gasteiger charge is -2.08. The van der Waals surface area contributed by atoms with E-state index in [4.69, 9.17) is 4.74 Å². The highest BCUT2D eigenvalue weighted by atomic mass is 19.1. The van der Waals surface area contributed by atoms with E-state index in [0.29, 0.717) is 6.07 Å². The van der Waals surface area contributed by atoms with Gasteiger partial charge >= 0.3 is 0 Å². The van der Waals surface area contributed by atoms with E-state index >= 15 is 0 Å². The first-order valence-electron chi connectivity index (χ1n) is 5.08. The van der Waals surface area contributed by atoms with Crippen LogP contribution in [0.25, 0.3) is 0 Å². The molecule has 0 aliphatic heterocycles.